The molecule has 1 atom stereocenters. The molecule has 1 aromatic carbocycles. The quantitative estimate of drug-likeness (QED) is 0.631. The van der Waals surface area contributed by atoms with Crippen molar-refractivity contribution < 1.29 is 32.5 Å². The van der Waals surface area contributed by atoms with Crippen LogP contribution in [0.3, 0.4) is 0 Å². The van der Waals surface area contributed by atoms with E-state index in [-0.39, 0.29) is 29.4 Å². The molecule has 1 amide bonds. The summed E-state index contributed by atoms with van der Waals surface area (Å²) in [6.07, 6.45) is -0.777. The molecule has 0 unspecified atom stereocenters. The Morgan fingerprint density at radius 1 is 1.29 bits per heavy atom. The van der Waals surface area contributed by atoms with Crippen molar-refractivity contribution in [2.24, 2.45) is 12.0 Å². The Balaban J connectivity index is 1.77. The third kappa shape index (κ3) is 5.81. The molecule has 192 valence electrons. The van der Waals surface area contributed by atoms with Crippen LogP contribution in [0.1, 0.15) is 68.1 Å². The average Bonchev–Trinajstić information content (AvgIpc) is 3.16. The first-order valence-corrected chi connectivity index (χ1v) is 11.8. The molecule has 1 saturated heterocycles. The highest BCUT2D eigenvalue weighted by molar-refractivity contribution is 5.97. The lowest BCUT2D eigenvalue weighted by atomic mass is 10.1. The van der Waals surface area contributed by atoms with Crippen molar-refractivity contribution in [3.8, 4) is 5.75 Å². The van der Waals surface area contributed by atoms with E-state index in [9.17, 15) is 23.1 Å². The summed E-state index contributed by atoms with van der Waals surface area (Å²) in [5, 5.41) is 9.98. The van der Waals surface area contributed by atoms with Gasteiger partial charge in [0.25, 0.3) is 5.91 Å². The van der Waals surface area contributed by atoms with Gasteiger partial charge in [-0.05, 0) is 57.7 Å². The van der Waals surface area contributed by atoms with Gasteiger partial charge in [0.05, 0.1) is 29.4 Å². The van der Waals surface area contributed by atoms with E-state index in [0.29, 0.717) is 18.6 Å². The minimum atomic E-state index is -4.63. The maximum Gasteiger partial charge on any atom is 0.416 e. The van der Waals surface area contributed by atoms with Crippen LogP contribution in [-0.2, 0) is 29.9 Å². The van der Waals surface area contributed by atoms with E-state index in [4.69, 9.17) is 9.47 Å². The van der Waals surface area contributed by atoms with Gasteiger partial charge in [0.2, 0.25) is 0 Å². The fourth-order valence-corrected chi connectivity index (χ4v) is 4.29. The van der Waals surface area contributed by atoms with E-state index < -0.39 is 23.2 Å². The van der Waals surface area contributed by atoms with Crippen LogP contribution in [0.2, 0.25) is 0 Å². The molecule has 7 nitrogen and oxygen atoms in total. The van der Waals surface area contributed by atoms with Crippen LogP contribution >= 0.6 is 0 Å². The van der Waals surface area contributed by atoms with Crippen LogP contribution in [0, 0.1) is 0 Å². The van der Waals surface area contributed by atoms with Crippen molar-refractivity contribution in [1.82, 2.24) is 9.36 Å². The van der Waals surface area contributed by atoms with Gasteiger partial charge in [0.1, 0.15) is 12.4 Å². The largest absolute Gasteiger partial charge is 0.490 e. The Bertz CT molecular complexity index is 1160. The highest BCUT2D eigenvalue weighted by atomic mass is 19.4. The van der Waals surface area contributed by atoms with E-state index in [2.05, 4.69) is 11.9 Å². The van der Waals surface area contributed by atoms with Crippen molar-refractivity contribution in [2.75, 3.05) is 13.2 Å². The number of amides is 1. The van der Waals surface area contributed by atoms with Crippen LogP contribution in [0.15, 0.2) is 29.3 Å². The molecule has 0 spiro atoms. The second-order valence-corrected chi connectivity index (χ2v) is 10.4. The number of aromatic nitrogens is 2. The third-order valence-corrected chi connectivity index (χ3v) is 6.59. The fraction of sp³-hybridized carbons (Fsp3) is 0.600. The lowest BCUT2D eigenvalue weighted by Crippen LogP contribution is -2.30. The van der Waals surface area contributed by atoms with Gasteiger partial charge in [-0.25, -0.2) is 0 Å². The molecule has 1 aliphatic carbocycles. The van der Waals surface area contributed by atoms with Crippen LogP contribution in [-0.4, -0.2) is 45.3 Å². The number of ether oxygens (including phenoxy) is 2. The topological polar surface area (TPSA) is 78.0 Å². The zero-order valence-electron chi connectivity index (χ0n) is 20.5. The summed E-state index contributed by atoms with van der Waals surface area (Å²) in [7, 11) is 1.90. The SMILES string of the molecule is Cn1c(C2(C)CC2)c/c(=N\C(=O)c2cc(C(F)(F)F)ccc2OCC(C)(C)O)n1C[C@H]1CCCO1. The van der Waals surface area contributed by atoms with Crippen molar-refractivity contribution in [3.63, 3.8) is 0 Å². The Kier molecular flexibility index (Phi) is 6.65. The summed E-state index contributed by atoms with van der Waals surface area (Å²) in [6.45, 7) is 6.11. The smallest absolute Gasteiger partial charge is 0.416 e. The molecular weight excluding hydrogens is 463 g/mol. The maximum absolute atomic E-state index is 13.4. The van der Waals surface area contributed by atoms with Gasteiger partial charge in [-0.1, -0.05) is 6.92 Å². The van der Waals surface area contributed by atoms with Gasteiger partial charge < -0.3 is 14.6 Å². The molecule has 2 heterocycles. The zero-order valence-corrected chi connectivity index (χ0v) is 20.5. The number of carbonyl (C=O) groups is 1. The number of hydrogen-bond donors (Lipinski definition) is 1. The first kappa shape index (κ1) is 25.5. The van der Waals surface area contributed by atoms with Gasteiger partial charge in [-0.3, -0.25) is 14.2 Å². The highest BCUT2D eigenvalue weighted by Gasteiger charge is 2.42. The minimum Gasteiger partial charge on any atom is -0.490 e. The molecule has 0 radical (unpaired) electrons. The number of rotatable bonds is 7. The molecule has 2 fully saturated rings. The van der Waals surface area contributed by atoms with E-state index in [1.807, 2.05) is 22.5 Å². The number of halogens is 3. The lowest BCUT2D eigenvalue weighted by molar-refractivity contribution is -0.137. The van der Waals surface area contributed by atoms with Crippen molar-refractivity contribution in [1.29, 1.82) is 0 Å². The number of aliphatic hydroxyl groups is 1. The van der Waals surface area contributed by atoms with Crippen LogP contribution in [0.5, 0.6) is 5.75 Å². The molecule has 1 aliphatic heterocycles. The summed E-state index contributed by atoms with van der Waals surface area (Å²) >= 11 is 0. The summed E-state index contributed by atoms with van der Waals surface area (Å²) in [5.41, 5.74) is -1.15. The summed E-state index contributed by atoms with van der Waals surface area (Å²) in [5.74, 6) is -0.911. The molecule has 1 N–H and O–H groups in total. The molecule has 35 heavy (non-hydrogen) atoms. The molecule has 0 bridgehead atoms. The van der Waals surface area contributed by atoms with Gasteiger partial charge in [-0.2, -0.15) is 18.2 Å². The normalized spacial score (nSPS) is 20.3. The van der Waals surface area contributed by atoms with Gasteiger partial charge in [-0.15, -0.1) is 0 Å². The molecule has 4 rings (SSSR count). The molecule has 10 heteroatoms. The number of benzene rings is 1. The molecule has 1 aromatic heterocycles. The fourth-order valence-electron chi connectivity index (χ4n) is 4.29. The first-order valence-electron chi connectivity index (χ1n) is 11.8. The first-order chi connectivity index (χ1) is 16.3. The Morgan fingerprint density at radius 2 is 2.00 bits per heavy atom. The van der Waals surface area contributed by atoms with Crippen LogP contribution in [0.25, 0.3) is 0 Å². The Hall–Kier alpha value is -2.59. The van der Waals surface area contributed by atoms with Gasteiger partial charge in [0.15, 0.2) is 5.49 Å². The predicted molar refractivity (Wildman–Crippen MR) is 122 cm³/mol. The second-order valence-electron chi connectivity index (χ2n) is 10.4. The molecule has 2 aromatic rings. The van der Waals surface area contributed by atoms with E-state index >= 15 is 0 Å². The van der Waals surface area contributed by atoms with E-state index in [0.717, 1.165) is 49.6 Å². The number of carbonyl (C=O) groups excluding carboxylic acids is 1. The van der Waals surface area contributed by atoms with Crippen molar-refractivity contribution in [2.45, 2.75) is 76.3 Å². The molecule has 2 aliphatic rings. The van der Waals surface area contributed by atoms with Crippen LogP contribution in [0.4, 0.5) is 13.2 Å². The van der Waals surface area contributed by atoms with Crippen LogP contribution < -0.4 is 10.2 Å². The summed E-state index contributed by atoms with van der Waals surface area (Å²) < 4.78 is 55.4. The second kappa shape index (κ2) is 9.13. The summed E-state index contributed by atoms with van der Waals surface area (Å²) in [6, 6.07) is 4.54. The number of nitrogens with zero attached hydrogens (tertiary/aromatic N) is 3. The molecule has 1 saturated carbocycles. The summed E-state index contributed by atoms with van der Waals surface area (Å²) in [4.78, 5) is 17.5. The van der Waals surface area contributed by atoms with Crippen molar-refractivity contribution >= 4 is 5.91 Å². The molecular formula is C25H32F3N3O4. The number of hydrogen-bond acceptors (Lipinski definition) is 4. The predicted octanol–water partition coefficient (Wildman–Crippen LogP) is 3.97. The third-order valence-electron chi connectivity index (χ3n) is 6.59. The van der Waals surface area contributed by atoms with Gasteiger partial charge in [0, 0.05) is 30.8 Å². The number of alkyl halides is 3. The Labute approximate surface area is 202 Å². The van der Waals surface area contributed by atoms with Crippen molar-refractivity contribution in [3.05, 3.63) is 46.6 Å². The monoisotopic (exact) mass is 495 g/mol. The van der Waals surface area contributed by atoms with Gasteiger partial charge >= 0.3 is 6.18 Å². The highest BCUT2D eigenvalue weighted by Crippen LogP contribution is 2.47. The average molecular weight is 496 g/mol. The Morgan fingerprint density at radius 3 is 2.57 bits per heavy atom. The standard InChI is InChI=1S/C25H32F3N3O4/c1-23(2,33)15-35-19-8-7-16(25(26,27)28)12-18(19)22(32)29-21-13-20(24(3)9-10-24)30(4)31(21)14-17-6-5-11-34-17/h7-8,12-13,17,33H,5-6,9-11,14-15H2,1-4H3/b29-21+/t17-/m1/s1. The van der Waals surface area contributed by atoms with E-state index in [1.165, 1.54) is 13.8 Å². The maximum atomic E-state index is 13.4. The minimum absolute atomic E-state index is 0.0129. The lowest BCUT2D eigenvalue weighted by Gasteiger charge is -2.19. The zero-order chi connectivity index (χ0) is 25.6. The van der Waals surface area contributed by atoms with E-state index in [1.54, 1.807) is 0 Å².